The second-order valence-corrected chi connectivity index (χ2v) is 4.45. The first kappa shape index (κ1) is 10.5. The van der Waals surface area contributed by atoms with E-state index in [1.165, 1.54) is 0 Å². The molecule has 78 valence electrons. The second-order valence-electron chi connectivity index (χ2n) is 3.18. The van der Waals surface area contributed by atoms with Gasteiger partial charge in [0.05, 0.1) is 0 Å². The van der Waals surface area contributed by atoms with Crippen LogP contribution in [0.1, 0.15) is 0 Å². The summed E-state index contributed by atoms with van der Waals surface area (Å²) < 4.78 is 2.64. The highest BCUT2D eigenvalue weighted by Gasteiger charge is 2.12. The molecule has 3 nitrogen and oxygen atoms in total. The van der Waals surface area contributed by atoms with Crippen LogP contribution in [0.3, 0.4) is 0 Å². The van der Waals surface area contributed by atoms with Gasteiger partial charge in [0.1, 0.15) is 10.8 Å². The lowest BCUT2D eigenvalue weighted by Crippen LogP contribution is -1.96. The molecule has 5 heteroatoms. The highest BCUT2D eigenvalue weighted by molar-refractivity contribution is 9.10. The van der Waals surface area contributed by atoms with Crippen molar-refractivity contribution in [2.24, 2.45) is 7.05 Å². The molecular weight excluding hydrogens is 277 g/mol. The van der Waals surface area contributed by atoms with Crippen molar-refractivity contribution in [3.05, 3.63) is 33.9 Å². The van der Waals surface area contributed by atoms with Gasteiger partial charge in [0.15, 0.2) is 0 Å². The molecule has 0 aliphatic heterocycles. The Morgan fingerprint density at radius 2 is 2.20 bits per heavy atom. The summed E-state index contributed by atoms with van der Waals surface area (Å²) in [6, 6.07) is 7.77. The molecule has 2 rings (SSSR count). The van der Waals surface area contributed by atoms with Crippen molar-refractivity contribution >= 4 is 33.5 Å². The average Bonchev–Trinajstić information content (AvgIpc) is 2.46. The van der Waals surface area contributed by atoms with Crippen LogP contribution < -0.4 is 5.73 Å². The van der Waals surface area contributed by atoms with E-state index in [0.717, 1.165) is 10.0 Å². The van der Waals surface area contributed by atoms with E-state index in [9.17, 15) is 0 Å². The average molecular weight is 287 g/mol. The van der Waals surface area contributed by atoms with Crippen molar-refractivity contribution in [2.75, 3.05) is 5.73 Å². The molecule has 0 amide bonds. The quantitative estimate of drug-likeness (QED) is 0.875. The fourth-order valence-electron chi connectivity index (χ4n) is 1.31. The number of hydrogen-bond acceptors (Lipinski definition) is 2. The van der Waals surface area contributed by atoms with Crippen LogP contribution in [0.25, 0.3) is 11.3 Å². The van der Waals surface area contributed by atoms with Crippen LogP contribution in [-0.4, -0.2) is 9.55 Å². The lowest BCUT2D eigenvalue weighted by molar-refractivity contribution is 0.931. The summed E-state index contributed by atoms with van der Waals surface area (Å²) >= 11 is 9.51. The van der Waals surface area contributed by atoms with E-state index in [2.05, 4.69) is 20.9 Å². The number of hydrogen-bond donors (Lipinski definition) is 1. The van der Waals surface area contributed by atoms with E-state index in [-0.39, 0.29) is 0 Å². The molecule has 0 aliphatic rings. The molecule has 0 spiro atoms. The van der Waals surface area contributed by atoms with Crippen molar-refractivity contribution in [2.45, 2.75) is 0 Å². The van der Waals surface area contributed by atoms with Crippen molar-refractivity contribution in [1.82, 2.24) is 9.55 Å². The van der Waals surface area contributed by atoms with E-state index >= 15 is 0 Å². The molecule has 1 heterocycles. The third-order valence-electron chi connectivity index (χ3n) is 2.16. The number of imidazole rings is 1. The van der Waals surface area contributed by atoms with E-state index in [1.807, 2.05) is 24.3 Å². The van der Waals surface area contributed by atoms with E-state index in [1.54, 1.807) is 11.6 Å². The van der Waals surface area contributed by atoms with Gasteiger partial charge in [-0.25, -0.2) is 4.98 Å². The Morgan fingerprint density at radius 3 is 2.73 bits per heavy atom. The molecule has 15 heavy (non-hydrogen) atoms. The Labute approximate surface area is 101 Å². The number of nitrogens with two attached hydrogens (primary N) is 1. The first-order valence-electron chi connectivity index (χ1n) is 4.33. The maximum atomic E-state index is 6.11. The Balaban J connectivity index is 2.59. The highest BCUT2D eigenvalue weighted by Crippen LogP contribution is 2.29. The van der Waals surface area contributed by atoms with Gasteiger partial charge in [0.25, 0.3) is 0 Å². The largest absolute Gasteiger partial charge is 0.369 e. The van der Waals surface area contributed by atoms with Gasteiger partial charge < -0.3 is 10.3 Å². The van der Waals surface area contributed by atoms with E-state index < -0.39 is 0 Å². The van der Waals surface area contributed by atoms with Gasteiger partial charge in [0.2, 0.25) is 5.95 Å². The molecule has 2 N–H and O–H groups in total. The molecule has 0 atom stereocenters. The Bertz CT molecular complexity index is 507. The van der Waals surface area contributed by atoms with E-state index in [4.69, 9.17) is 17.3 Å². The van der Waals surface area contributed by atoms with Gasteiger partial charge in [-0.15, -0.1) is 0 Å². The highest BCUT2D eigenvalue weighted by atomic mass is 79.9. The minimum absolute atomic E-state index is 0.412. The Hall–Kier alpha value is -1.000. The number of halogens is 2. The predicted molar refractivity (Wildman–Crippen MR) is 65.8 cm³/mol. The minimum atomic E-state index is 0.412. The number of anilines is 1. The molecule has 0 saturated carbocycles. The maximum absolute atomic E-state index is 6.11. The fraction of sp³-hybridized carbons (Fsp3) is 0.100. The van der Waals surface area contributed by atoms with Gasteiger partial charge in [0, 0.05) is 17.1 Å². The smallest absolute Gasteiger partial charge is 0.201 e. The zero-order valence-corrected chi connectivity index (χ0v) is 10.4. The molecule has 1 aromatic carbocycles. The third kappa shape index (κ3) is 1.87. The first-order valence-corrected chi connectivity index (χ1v) is 5.50. The number of benzene rings is 1. The summed E-state index contributed by atoms with van der Waals surface area (Å²) in [6.07, 6.45) is 0. The van der Waals surface area contributed by atoms with Gasteiger partial charge in [-0.2, -0.15) is 0 Å². The molecule has 2 aromatic rings. The SMILES string of the molecule is Cn1c(N)nc(-c2cccc(Br)c2)c1Cl. The molecule has 0 saturated heterocycles. The summed E-state index contributed by atoms with van der Waals surface area (Å²) in [5.74, 6) is 0.412. The standard InChI is InChI=1S/C10H9BrClN3/c1-15-9(12)8(14-10(15)13)6-3-2-4-7(11)5-6/h2-5H,1H3,(H2,13,14). The molecule has 0 unspecified atom stereocenters. The first-order chi connectivity index (χ1) is 7.09. The van der Waals surface area contributed by atoms with Gasteiger partial charge >= 0.3 is 0 Å². The van der Waals surface area contributed by atoms with Crippen LogP contribution in [0, 0.1) is 0 Å². The van der Waals surface area contributed by atoms with Crippen LogP contribution in [0.2, 0.25) is 5.15 Å². The lowest BCUT2D eigenvalue weighted by Gasteiger charge is -1.99. The molecule has 0 radical (unpaired) electrons. The summed E-state index contributed by atoms with van der Waals surface area (Å²) in [7, 11) is 1.78. The Kier molecular flexibility index (Phi) is 2.71. The summed E-state index contributed by atoms with van der Waals surface area (Å²) in [5.41, 5.74) is 7.32. The Morgan fingerprint density at radius 1 is 1.47 bits per heavy atom. The van der Waals surface area contributed by atoms with Crippen molar-refractivity contribution in [1.29, 1.82) is 0 Å². The monoisotopic (exact) mass is 285 g/mol. The molecule has 0 aliphatic carbocycles. The fourth-order valence-corrected chi connectivity index (χ4v) is 1.95. The van der Waals surface area contributed by atoms with Crippen LogP contribution in [-0.2, 0) is 7.05 Å². The lowest BCUT2D eigenvalue weighted by atomic mass is 10.2. The van der Waals surface area contributed by atoms with Gasteiger partial charge in [-0.05, 0) is 12.1 Å². The molecular formula is C10H9BrClN3. The molecule has 1 aromatic heterocycles. The number of aromatic nitrogens is 2. The minimum Gasteiger partial charge on any atom is -0.369 e. The van der Waals surface area contributed by atoms with Crippen molar-refractivity contribution in [3.63, 3.8) is 0 Å². The number of rotatable bonds is 1. The van der Waals surface area contributed by atoms with Crippen LogP contribution in [0.4, 0.5) is 5.95 Å². The third-order valence-corrected chi connectivity index (χ3v) is 3.08. The van der Waals surface area contributed by atoms with Crippen molar-refractivity contribution in [3.8, 4) is 11.3 Å². The topological polar surface area (TPSA) is 43.8 Å². The normalized spacial score (nSPS) is 10.6. The van der Waals surface area contributed by atoms with Crippen LogP contribution >= 0.6 is 27.5 Å². The number of nitrogen functional groups attached to an aromatic ring is 1. The summed E-state index contributed by atoms with van der Waals surface area (Å²) in [4.78, 5) is 4.21. The van der Waals surface area contributed by atoms with E-state index in [0.29, 0.717) is 16.8 Å². The summed E-state index contributed by atoms with van der Waals surface area (Å²) in [6.45, 7) is 0. The molecule has 0 fully saturated rings. The number of nitrogens with zero attached hydrogens (tertiary/aromatic N) is 2. The zero-order valence-electron chi connectivity index (χ0n) is 8.04. The van der Waals surface area contributed by atoms with Gasteiger partial charge in [-0.1, -0.05) is 39.7 Å². The predicted octanol–water partition coefficient (Wildman–Crippen LogP) is 3.09. The van der Waals surface area contributed by atoms with Gasteiger partial charge in [-0.3, -0.25) is 0 Å². The molecule has 0 bridgehead atoms. The second kappa shape index (κ2) is 3.87. The maximum Gasteiger partial charge on any atom is 0.201 e. The van der Waals surface area contributed by atoms with Crippen LogP contribution in [0.15, 0.2) is 28.7 Å². The van der Waals surface area contributed by atoms with Crippen LogP contribution in [0.5, 0.6) is 0 Å². The van der Waals surface area contributed by atoms with Crippen molar-refractivity contribution < 1.29 is 0 Å². The zero-order chi connectivity index (χ0) is 11.0. The summed E-state index contributed by atoms with van der Waals surface area (Å²) in [5, 5.41) is 0.547.